The van der Waals surface area contributed by atoms with Crippen LogP contribution in [0.25, 0.3) is 10.9 Å². The second-order valence-electron chi connectivity index (χ2n) is 5.59. The standard InChI is InChI=1S/C16H19NO/c1-12-7-9-16(18,10-8-12)14-5-2-6-15-13(14)4-3-11-17-15/h2-6,11-12,18H,7-10H2,1H3. The van der Waals surface area contributed by atoms with Gasteiger partial charge in [0.25, 0.3) is 0 Å². The van der Waals surface area contributed by atoms with E-state index in [1.165, 1.54) is 0 Å². The summed E-state index contributed by atoms with van der Waals surface area (Å²) < 4.78 is 0. The van der Waals surface area contributed by atoms with Crippen LogP contribution < -0.4 is 0 Å². The van der Waals surface area contributed by atoms with Crippen molar-refractivity contribution in [3.05, 3.63) is 42.1 Å². The average Bonchev–Trinajstić information content (AvgIpc) is 2.42. The van der Waals surface area contributed by atoms with Gasteiger partial charge >= 0.3 is 0 Å². The second kappa shape index (κ2) is 4.36. The first-order chi connectivity index (χ1) is 8.69. The number of hydrogen-bond acceptors (Lipinski definition) is 2. The van der Waals surface area contributed by atoms with Crippen molar-refractivity contribution in [3.8, 4) is 0 Å². The molecule has 1 aliphatic rings. The third kappa shape index (κ3) is 1.91. The van der Waals surface area contributed by atoms with Gasteiger partial charge in [0, 0.05) is 11.6 Å². The molecule has 0 radical (unpaired) electrons. The third-order valence-electron chi connectivity index (χ3n) is 4.25. The van der Waals surface area contributed by atoms with Gasteiger partial charge in [0.05, 0.1) is 11.1 Å². The molecular weight excluding hydrogens is 222 g/mol. The van der Waals surface area contributed by atoms with Gasteiger partial charge in [0.15, 0.2) is 0 Å². The van der Waals surface area contributed by atoms with E-state index in [2.05, 4.69) is 24.0 Å². The van der Waals surface area contributed by atoms with E-state index < -0.39 is 5.60 Å². The molecule has 1 N–H and O–H groups in total. The van der Waals surface area contributed by atoms with Crippen LogP contribution in [0.2, 0.25) is 0 Å². The fourth-order valence-corrected chi connectivity index (χ4v) is 3.02. The number of fused-ring (bicyclic) bond motifs is 1. The Morgan fingerprint density at radius 1 is 1.17 bits per heavy atom. The van der Waals surface area contributed by atoms with Gasteiger partial charge in [-0.2, -0.15) is 0 Å². The Kier molecular flexibility index (Phi) is 2.83. The molecule has 0 atom stereocenters. The highest BCUT2D eigenvalue weighted by Crippen LogP contribution is 2.41. The molecule has 2 aromatic rings. The van der Waals surface area contributed by atoms with Crippen LogP contribution in [0.4, 0.5) is 0 Å². The van der Waals surface area contributed by atoms with E-state index in [9.17, 15) is 5.11 Å². The number of benzene rings is 1. The summed E-state index contributed by atoms with van der Waals surface area (Å²) in [5.74, 6) is 0.735. The highest BCUT2D eigenvalue weighted by Gasteiger charge is 2.34. The van der Waals surface area contributed by atoms with Crippen molar-refractivity contribution in [3.63, 3.8) is 0 Å². The zero-order valence-electron chi connectivity index (χ0n) is 10.8. The highest BCUT2D eigenvalue weighted by atomic mass is 16.3. The SMILES string of the molecule is CC1CCC(O)(c2cccc3ncccc23)CC1. The van der Waals surface area contributed by atoms with Crippen LogP contribution in [0.5, 0.6) is 0 Å². The summed E-state index contributed by atoms with van der Waals surface area (Å²) in [6, 6.07) is 10.1. The first-order valence-electron chi connectivity index (χ1n) is 6.76. The number of aliphatic hydroxyl groups is 1. The Bertz CT molecular complexity index is 551. The summed E-state index contributed by atoms with van der Waals surface area (Å²) in [6.07, 6.45) is 5.74. The zero-order chi connectivity index (χ0) is 12.6. The Labute approximate surface area is 108 Å². The lowest BCUT2D eigenvalue weighted by molar-refractivity contribution is -0.0107. The van der Waals surface area contributed by atoms with Gasteiger partial charge in [0.2, 0.25) is 0 Å². The van der Waals surface area contributed by atoms with Crippen molar-refractivity contribution >= 4 is 10.9 Å². The molecule has 0 amide bonds. The average molecular weight is 241 g/mol. The number of hydrogen-bond donors (Lipinski definition) is 1. The van der Waals surface area contributed by atoms with Crippen LogP contribution in [-0.4, -0.2) is 10.1 Å². The van der Waals surface area contributed by atoms with Gasteiger partial charge in [0.1, 0.15) is 0 Å². The van der Waals surface area contributed by atoms with E-state index in [4.69, 9.17) is 0 Å². The molecule has 1 fully saturated rings. The molecule has 0 unspecified atom stereocenters. The van der Waals surface area contributed by atoms with Gasteiger partial charge in [-0.05, 0) is 49.3 Å². The Balaban J connectivity index is 2.08. The molecule has 2 nitrogen and oxygen atoms in total. The highest BCUT2D eigenvalue weighted by molar-refractivity contribution is 5.82. The normalized spacial score (nSPS) is 28.4. The van der Waals surface area contributed by atoms with Gasteiger partial charge in [-0.3, -0.25) is 4.98 Å². The summed E-state index contributed by atoms with van der Waals surface area (Å²) in [6.45, 7) is 2.27. The fourth-order valence-electron chi connectivity index (χ4n) is 3.02. The Morgan fingerprint density at radius 3 is 2.72 bits per heavy atom. The van der Waals surface area contributed by atoms with Crippen molar-refractivity contribution in [2.45, 2.75) is 38.2 Å². The van der Waals surface area contributed by atoms with Crippen LogP contribution in [0.15, 0.2) is 36.5 Å². The van der Waals surface area contributed by atoms with Crippen LogP contribution in [0.1, 0.15) is 38.2 Å². The molecular formula is C16H19NO. The number of pyridine rings is 1. The number of nitrogens with zero attached hydrogens (tertiary/aromatic N) is 1. The van der Waals surface area contributed by atoms with Gasteiger partial charge in [-0.1, -0.05) is 25.1 Å². The Morgan fingerprint density at radius 2 is 1.94 bits per heavy atom. The lowest BCUT2D eigenvalue weighted by Gasteiger charge is -2.36. The lowest BCUT2D eigenvalue weighted by atomic mass is 9.75. The van der Waals surface area contributed by atoms with E-state index >= 15 is 0 Å². The smallest absolute Gasteiger partial charge is 0.0903 e. The van der Waals surface area contributed by atoms with E-state index in [-0.39, 0.29) is 0 Å². The largest absolute Gasteiger partial charge is 0.385 e. The lowest BCUT2D eigenvalue weighted by Crippen LogP contribution is -2.31. The fraction of sp³-hybridized carbons (Fsp3) is 0.438. The minimum atomic E-state index is -0.658. The molecule has 1 aromatic heterocycles. The molecule has 1 heterocycles. The summed E-state index contributed by atoms with van der Waals surface area (Å²) in [5, 5.41) is 12.0. The molecule has 3 rings (SSSR count). The number of rotatable bonds is 1. The molecule has 94 valence electrons. The van der Waals surface area contributed by atoms with Crippen LogP contribution >= 0.6 is 0 Å². The summed E-state index contributed by atoms with van der Waals surface area (Å²) in [7, 11) is 0. The molecule has 0 spiro atoms. The maximum absolute atomic E-state index is 10.9. The predicted octanol–water partition coefficient (Wildman–Crippen LogP) is 3.63. The van der Waals surface area contributed by atoms with Crippen molar-refractivity contribution in [1.82, 2.24) is 4.98 Å². The maximum Gasteiger partial charge on any atom is 0.0903 e. The van der Waals surface area contributed by atoms with E-state index in [1.54, 1.807) is 6.20 Å². The first kappa shape index (κ1) is 11.7. The summed E-state index contributed by atoms with van der Waals surface area (Å²) in [4.78, 5) is 4.37. The minimum Gasteiger partial charge on any atom is -0.385 e. The summed E-state index contributed by atoms with van der Waals surface area (Å²) in [5.41, 5.74) is 1.37. The molecule has 1 aromatic carbocycles. The second-order valence-corrected chi connectivity index (χ2v) is 5.59. The van der Waals surface area contributed by atoms with Crippen molar-refractivity contribution in [1.29, 1.82) is 0 Å². The van der Waals surface area contributed by atoms with Crippen molar-refractivity contribution in [2.24, 2.45) is 5.92 Å². The Hall–Kier alpha value is -1.41. The van der Waals surface area contributed by atoms with E-state index in [0.29, 0.717) is 0 Å². The molecule has 2 heteroatoms. The van der Waals surface area contributed by atoms with Gasteiger partial charge in [-0.15, -0.1) is 0 Å². The van der Waals surface area contributed by atoms with Crippen molar-refractivity contribution < 1.29 is 5.11 Å². The van der Waals surface area contributed by atoms with E-state index in [0.717, 1.165) is 48.1 Å². The zero-order valence-corrected chi connectivity index (χ0v) is 10.8. The molecule has 0 saturated heterocycles. The van der Waals surface area contributed by atoms with Gasteiger partial charge < -0.3 is 5.11 Å². The monoisotopic (exact) mass is 241 g/mol. The third-order valence-corrected chi connectivity index (χ3v) is 4.25. The van der Waals surface area contributed by atoms with E-state index in [1.807, 2.05) is 18.2 Å². The van der Waals surface area contributed by atoms with Crippen molar-refractivity contribution in [2.75, 3.05) is 0 Å². The topological polar surface area (TPSA) is 33.1 Å². The maximum atomic E-state index is 10.9. The van der Waals surface area contributed by atoms with Crippen LogP contribution in [-0.2, 0) is 5.60 Å². The summed E-state index contributed by atoms with van der Waals surface area (Å²) >= 11 is 0. The molecule has 1 aliphatic carbocycles. The molecule has 0 bridgehead atoms. The van der Waals surface area contributed by atoms with Crippen LogP contribution in [0, 0.1) is 5.92 Å². The molecule has 18 heavy (non-hydrogen) atoms. The number of aromatic nitrogens is 1. The van der Waals surface area contributed by atoms with Crippen LogP contribution in [0.3, 0.4) is 0 Å². The predicted molar refractivity (Wildman–Crippen MR) is 73.3 cm³/mol. The quantitative estimate of drug-likeness (QED) is 0.827. The minimum absolute atomic E-state index is 0.658. The first-order valence-corrected chi connectivity index (χ1v) is 6.76. The van der Waals surface area contributed by atoms with Gasteiger partial charge in [-0.25, -0.2) is 0 Å². The molecule has 1 saturated carbocycles. The molecule has 0 aliphatic heterocycles.